The van der Waals surface area contributed by atoms with E-state index >= 15 is 0 Å². The maximum absolute atomic E-state index is 6.47. The van der Waals surface area contributed by atoms with E-state index in [1.165, 1.54) is 16.7 Å². The van der Waals surface area contributed by atoms with Crippen molar-refractivity contribution in [2.45, 2.75) is 6.54 Å². The average molecular weight is 481 g/mol. The van der Waals surface area contributed by atoms with Gasteiger partial charge in [-0.15, -0.1) is 0 Å². The van der Waals surface area contributed by atoms with Gasteiger partial charge in [0.2, 0.25) is 0 Å². The van der Waals surface area contributed by atoms with Crippen LogP contribution in [0.5, 0.6) is 0 Å². The summed E-state index contributed by atoms with van der Waals surface area (Å²) in [5, 5.41) is 1.19. The Morgan fingerprint density at radius 2 is 1.38 bits per heavy atom. The lowest BCUT2D eigenvalue weighted by molar-refractivity contribution is 0.787. The van der Waals surface area contributed by atoms with Crippen LogP contribution in [0.4, 0.5) is 0 Å². The molecule has 0 aliphatic heterocycles. The second-order valence-electron chi connectivity index (χ2n) is 8.04. The van der Waals surface area contributed by atoms with Gasteiger partial charge in [0.25, 0.3) is 0 Å². The molecule has 0 fully saturated rings. The molecule has 0 radical (unpaired) electrons. The fourth-order valence-corrected chi connectivity index (χ4v) is 4.39. The zero-order chi connectivity index (χ0) is 23.3. The Balaban J connectivity index is 1.46. The average Bonchev–Trinajstić information content (AvgIpc) is 3.26. The molecule has 0 spiro atoms. The lowest BCUT2D eigenvalue weighted by atomic mass is 10.0. The molecule has 5 aromatic rings. The molecule has 5 rings (SSSR count). The molecular weight excluding hydrogens is 459 g/mol. The first-order chi connectivity index (χ1) is 16.7. The number of aromatic nitrogens is 2. The van der Waals surface area contributed by atoms with E-state index < -0.39 is 0 Å². The third kappa shape index (κ3) is 5.14. The van der Waals surface area contributed by atoms with Gasteiger partial charge in [-0.1, -0.05) is 114 Å². The Morgan fingerprint density at radius 3 is 2.09 bits per heavy atom. The van der Waals surface area contributed by atoms with Crippen molar-refractivity contribution >= 4 is 35.4 Å². The molecule has 0 N–H and O–H groups in total. The van der Waals surface area contributed by atoms with Crippen molar-refractivity contribution in [1.29, 1.82) is 0 Å². The monoisotopic (exact) mass is 480 g/mol. The summed E-state index contributed by atoms with van der Waals surface area (Å²) in [7, 11) is 0. The summed E-state index contributed by atoms with van der Waals surface area (Å²) >= 11 is 12.6. The van der Waals surface area contributed by atoms with Gasteiger partial charge in [0, 0.05) is 23.3 Å². The fraction of sp³-hybridized carbons (Fsp3) is 0.0333. The summed E-state index contributed by atoms with van der Waals surface area (Å²) in [6, 6.07) is 34.8. The van der Waals surface area contributed by atoms with E-state index in [-0.39, 0.29) is 0 Å². The minimum atomic E-state index is 0.587. The Kier molecular flexibility index (Phi) is 6.62. The highest BCUT2D eigenvalue weighted by molar-refractivity contribution is 6.36. The van der Waals surface area contributed by atoms with Crippen LogP contribution >= 0.6 is 23.2 Å². The first-order valence-corrected chi connectivity index (χ1v) is 11.8. The first kappa shape index (κ1) is 22.2. The van der Waals surface area contributed by atoms with Gasteiger partial charge in [-0.05, 0) is 46.5 Å². The zero-order valence-corrected chi connectivity index (χ0v) is 19.9. The van der Waals surface area contributed by atoms with Gasteiger partial charge in [0.15, 0.2) is 0 Å². The number of halogens is 2. The van der Waals surface area contributed by atoms with Crippen molar-refractivity contribution in [3.8, 4) is 22.4 Å². The van der Waals surface area contributed by atoms with Gasteiger partial charge in [0.1, 0.15) is 5.82 Å². The molecule has 0 unspecified atom stereocenters. The summed E-state index contributed by atoms with van der Waals surface area (Å²) in [5.41, 5.74) is 6.40. The van der Waals surface area contributed by atoms with Crippen LogP contribution in [-0.2, 0) is 6.54 Å². The topological polar surface area (TPSA) is 17.8 Å². The minimum absolute atomic E-state index is 0.587. The summed E-state index contributed by atoms with van der Waals surface area (Å²) in [5.74, 6) is 0.858. The highest BCUT2D eigenvalue weighted by Gasteiger charge is 2.12. The maximum Gasteiger partial charge on any atom is 0.133 e. The predicted octanol–water partition coefficient (Wildman–Crippen LogP) is 8.74. The van der Waals surface area contributed by atoms with Gasteiger partial charge in [-0.2, -0.15) is 0 Å². The summed E-state index contributed by atoms with van der Waals surface area (Å²) in [6.45, 7) is 0.714. The summed E-state index contributed by atoms with van der Waals surface area (Å²) in [6.07, 6.45) is 6.18. The normalized spacial score (nSPS) is 11.2. The van der Waals surface area contributed by atoms with Crippen molar-refractivity contribution in [3.63, 3.8) is 0 Å². The fourth-order valence-electron chi connectivity index (χ4n) is 3.89. The molecule has 0 aliphatic rings. The number of hydrogen-bond acceptors (Lipinski definition) is 1. The van der Waals surface area contributed by atoms with Crippen LogP contribution in [-0.4, -0.2) is 9.55 Å². The van der Waals surface area contributed by atoms with E-state index in [9.17, 15) is 0 Å². The molecular formula is C30H22Cl2N2. The smallest absolute Gasteiger partial charge is 0.133 e. The largest absolute Gasteiger partial charge is 0.326 e. The highest BCUT2D eigenvalue weighted by Crippen LogP contribution is 2.30. The molecule has 0 amide bonds. The van der Waals surface area contributed by atoms with Gasteiger partial charge in [-0.3, -0.25) is 0 Å². The molecule has 1 aromatic heterocycles. The Labute approximate surface area is 209 Å². The van der Waals surface area contributed by atoms with E-state index in [1.54, 1.807) is 6.07 Å². The van der Waals surface area contributed by atoms with Crippen molar-refractivity contribution < 1.29 is 0 Å². The second-order valence-corrected chi connectivity index (χ2v) is 8.89. The van der Waals surface area contributed by atoms with Crippen LogP contribution in [0.15, 0.2) is 109 Å². The number of imidazole rings is 1. The van der Waals surface area contributed by atoms with Gasteiger partial charge >= 0.3 is 0 Å². The van der Waals surface area contributed by atoms with Crippen molar-refractivity contribution in [3.05, 3.63) is 136 Å². The van der Waals surface area contributed by atoms with E-state index in [2.05, 4.69) is 71.3 Å². The molecule has 0 saturated carbocycles. The Morgan fingerprint density at radius 1 is 0.706 bits per heavy atom. The Bertz CT molecular complexity index is 1420. The molecule has 1 heterocycles. The standard InChI is InChI=1S/C30H22Cl2N2/c31-26-16-17-27(28(32)19-26)29-21-34(20-23-7-3-1-4-8-23)30(33-29)18-13-22-11-14-25(15-12-22)24-9-5-2-6-10-24/h1-19,21H,20H2/b18-13+. The van der Waals surface area contributed by atoms with Crippen LogP contribution in [0.3, 0.4) is 0 Å². The quantitative estimate of drug-likeness (QED) is 0.237. The van der Waals surface area contributed by atoms with Crippen LogP contribution < -0.4 is 0 Å². The molecule has 2 nitrogen and oxygen atoms in total. The van der Waals surface area contributed by atoms with Crippen LogP contribution in [0.25, 0.3) is 34.5 Å². The van der Waals surface area contributed by atoms with Crippen LogP contribution in [0, 0.1) is 0 Å². The number of nitrogens with zero attached hydrogens (tertiary/aromatic N) is 2. The predicted molar refractivity (Wildman–Crippen MR) is 144 cm³/mol. The third-order valence-electron chi connectivity index (χ3n) is 5.65. The van der Waals surface area contributed by atoms with Crippen molar-refractivity contribution in [1.82, 2.24) is 9.55 Å². The molecule has 0 bridgehead atoms. The summed E-state index contributed by atoms with van der Waals surface area (Å²) in [4.78, 5) is 4.90. The molecule has 4 heteroatoms. The van der Waals surface area contributed by atoms with Crippen molar-refractivity contribution in [2.24, 2.45) is 0 Å². The van der Waals surface area contributed by atoms with Gasteiger partial charge in [-0.25, -0.2) is 4.98 Å². The second kappa shape index (κ2) is 10.1. The number of benzene rings is 4. The van der Waals surface area contributed by atoms with Crippen molar-refractivity contribution in [2.75, 3.05) is 0 Å². The van der Waals surface area contributed by atoms with Gasteiger partial charge in [0.05, 0.1) is 10.7 Å². The van der Waals surface area contributed by atoms with Gasteiger partial charge < -0.3 is 4.57 Å². The van der Waals surface area contributed by atoms with Crippen LogP contribution in [0.1, 0.15) is 17.0 Å². The molecule has 4 aromatic carbocycles. The first-order valence-electron chi connectivity index (χ1n) is 11.1. The summed E-state index contributed by atoms with van der Waals surface area (Å²) < 4.78 is 2.14. The minimum Gasteiger partial charge on any atom is -0.326 e. The number of hydrogen-bond donors (Lipinski definition) is 0. The molecule has 166 valence electrons. The molecule has 0 aliphatic carbocycles. The number of rotatable bonds is 6. The lowest BCUT2D eigenvalue weighted by Crippen LogP contribution is -2.00. The molecule has 0 saturated heterocycles. The van der Waals surface area contributed by atoms with E-state index in [0.717, 1.165) is 22.6 Å². The van der Waals surface area contributed by atoms with E-state index in [0.29, 0.717) is 16.6 Å². The molecule has 0 atom stereocenters. The maximum atomic E-state index is 6.47. The third-order valence-corrected chi connectivity index (χ3v) is 6.20. The molecule has 34 heavy (non-hydrogen) atoms. The highest BCUT2D eigenvalue weighted by atomic mass is 35.5. The Hall–Kier alpha value is -3.59. The van der Waals surface area contributed by atoms with E-state index in [4.69, 9.17) is 28.2 Å². The van der Waals surface area contributed by atoms with Crippen LogP contribution in [0.2, 0.25) is 10.0 Å². The zero-order valence-electron chi connectivity index (χ0n) is 18.4. The van der Waals surface area contributed by atoms with E-state index in [1.807, 2.05) is 48.7 Å². The lowest BCUT2D eigenvalue weighted by Gasteiger charge is -2.05. The SMILES string of the molecule is Clc1ccc(-c2cn(Cc3ccccc3)c(/C=C/c3ccc(-c4ccccc4)cc3)n2)c(Cl)c1.